The van der Waals surface area contributed by atoms with Gasteiger partial charge in [0.25, 0.3) is 0 Å². The number of benzene rings is 2. The molecule has 0 bridgehead atoms. The summed E-state index contributed by atoms with van der Waals surface area (Å²) in [5.74, 6) is 1.05. The second-order valence-corrected chi connectivity index (χ2v) is 8.06. The number of carbonyl (C=O) groups is 1. The molecule has 7 heteroatoms. The minimum Gasteiger partial charge on any atom is -0.464 e. The fourth-order valence-electron chi connectivity index (χ4n) is 4.36. The summed E-state index contributed by atoms with van der Waals surface area (Å²) in [4.78, 5) is 26.3. The first-order chi connectivity index (χ1) is 15.1. The molecular formula is C24H24N4O3. The van der Waals surface area contributed by atoms with Crippen molar-refractivity contribution in [3.05, 3.63) is 65.3 Å². The van der Waals surface area contributed by atoms with Crippen molar-refractivity contribution in [2.75, 3.05) is 13.1 Å². The Hall–Kier alpha value is -3.61. The summed E-state index contributed by atoms with van der Waals surface area (Å²) >= 11 is 0. The molecule has 0 aliphatic carbocycles. The van der Waals surface area contributed by atoms with Crippen molar-refractivity contribution < 1.29 is 9.21 Å². The van der Waals surface area contributed by atoms with Gasteiger partial charge in [0.1, 0.15) is 5.58 Å². The highest BCUT2D eigenvalue weighted by Gasteiger charge is 2.27. The topological polar surface area (TPSA) is 84.1 Å². The lowest BCUT2D eigenvalue weighted by molar-refractivity contribution is -0.129. The molecule has 4 aromatic rings. The monoisotopic (exact) mass is 416 g/mol. The second kappa shape index (κ2) is 7.91. The highest BCUT2D eigenvalue weighted by atomic mass is 16.3. The van der Waals surface area contributed by atoms with Crippen LogP contribution in [0, 0.1) is 5.92 Å². The second-order valence-electron chi connectivity index (χ2n) is 8.06. The van der Waals surface area contributed by atoms with Gasteiger partial charge in [-0.1, -0.05) is 37.3 Å². The van der Waals surface area contributed by atoms with Crippen LogP contribution in [0.3, 0.4) is 0 Å². The van der Waals surface area contributed by atoms with Gasteiger partial charge < -0.3 is 9.32 Å². The van der Waals surface area contributed by atoms with Crippen molar-refractivity contribution in [2.45, 2.75) is 26.3 Å². The van der Waals surface area contributed by atoms with Gasteiger partial charge in [0.15, 0.2) is 5.82 Å². The number of aromatic amines is 1. The maximum atomic E-state index is 12.4. The molecule has 0 radical (unpaired) electrons. The Morgan fingerprint density at radius 2 is 1.90 bits per heavy atom. The van der Waals surface area contributed by atoms with E-state index in [0.29, 0.717) is 25.3 Å². The summed E-state index contributed by atoms with van der Waals surface area (Å²) in [7, 11) is 0. The molecule has 7 nitrogen and oxygen atoms in total. The third-order valence-corrected chi connectivity index (χ3v) is 6.07. The molecular weight excluding hydrogens is 392 g/mol. The number of rotatable bonds is 5. The van der Waals surface area contributed by atoms with Crippen LogP contribution in [0.5, 0.6) is 0 Å². The van der Waals surface area contributed by atoms with Crippen molar-refractivity contribution in [2.24, 2.45) is 5.92 Å². The smallest absolute Gasteiger partial charge is 0.343 e. The predicted molar refractivity (Wildman–Crippen MR) is 118 cm³/mol. The van der Waals surface area contributed by atoms with Crippen LogP contribution in [0.1, 0.15) is 19.8 Å². The van der Waals surface area contributed by atoms with Crippen LogP contribution >= 0.6 is 0 Å². The molecule has 2 aromatic heterocycles. The normalized spacial score (nSPS) is 16.3. The van der Waals surface area contributed by atoms with E-state index in [0.717, 1.165) is 40.6 Å². The minimum atomic E-state index is -0.218. The van der Waals surface area contributed by atoms with E-state index in [1.54, 1.807) is 10.8 Å². The summed E-state index contributed by atoms with van der Waals surface area (Å²) in [5, 5.41) is 7.92. The van der Waals surface area contributed by atoms with Crippen molar-refractivity contribution in [1.29, 1.82) is 0 Å². The number of hydrogen-bond acceptors (Lipinski definition) is 4. The molecule has 158 valence electrons. The van der Waals surface area contributed by atoms with Crippen molar-refractivity contribution in [3.63, 3.8) is 0 Å². The van der Waals surface area contributed by atoms with Gasteiger partial charge in [0.05, 0.1) is 6.26 Å². The van der Waals surface area contributed by atoms with E-state index < -0.39 is 0 Å². The number of nitrogens with zero attached hydrogens (tertiary/aromatic N) is 3. The molecule has 0 spiro atoms. The van der Waals surface area contributed by atoms with Gasteiger partial charge >= 0.3 is 5.69 Å². The fraction of sp³-hybridized carbons (Fsp3) is 0.292. The number of nitrogens with one attached hydrogen (secondary N) is 1. The quantitative estimate of drug-likeness (QED) is 0.535. The fourth-order valence-corrected chi connectivity index (χ4v) is 4.36. The lowest BCUT2D eigenvalue weighted by atomic mass is 10.0. The van der Waals surface area contributed by atoms with Crippen LogP contribution < -0.4 is 5.69 Å². The Morgan fingerprint density at radius 1 is 1.13 bits per heavy atom. The number of likely N-dealkylation sites (tertiary alicyclic amines) is 1. The summed E-state index contributed by atoms with van der Waals surface area (Å²) in [6.45, 7) is 3.89. The number of hydrogen-bond donors (Lipinski definition) is 1. The average molecular weight is 416 g/mol. The Morgan fingerprint density at radius 3 is 2.71 bits per heavy atom. The Kier molecular flexibility index (Phi) is 4.94. The summed E-state index contributed by atoms with van der Waals surface area (Å²) in [5.41, 5.74) is 3.72. The van der Waals surface area contributed by atoms with Gasteiger partial charge in [-0.3, -0.25) is 9.36 Å². The molecule has 1 fully saturated rings. The minimum absolute atomic E-state index is 0.173. The van der Waals surface area contributed by atoms with Crippen LogP contribution in [0.2, 0.25) is 0 Å². The highest BCUT2D eigenvalue weighted by molar-refractivity contribution is 5.83. The molecule has 1 N–H and O–H groups in total. The molecule has 0 saturated carbocycles. The largest absolute Gasteiger partial charge is 0.464 e. The Labute approximate surface area is 179 Å². The van der Waals surface area contributed by atoms with Gasteiger partial charge in [-0.2, -0.15) is 5.10 Å². The van der Waals surface area contributed by atoms with E-state index in [1.165, 1.54) is 0 Å². The van der Waals surface area contributed by atoms with Crippen LogP contribution in [0.4, 0.5) is 0 Å². The van der Waals surface area contributed by atoms with Gasteiger partial charge in [0.2, 0.25) is 5.91 Å². The zero-order valence-electron chi connectivity index (χ0n) is 17.4. The molecule has 0 unspecified atom stereocenters. The molecule has 1 amide bonds. The first-order valence-electron chi connectivity index (χ1n) is 10.6. The lowest BCUT2D eigenvalue weighted by Crippen LogP contribution is -2.29. The van der Waals surface area contributed by atoms with Crippen molar-refractivity contribution in [3.8, 4) is 22.5 Å². The molecule has 3 heterocycles. The number of carbonyl (C=O) groups excluding carboxylic acids is 1. The van der Waals surface area contributed by atoms with Crippen LogP contribution in [-0.4, -0.2) is 38.7 Å². The maximum Gasteiger partial charge on any atom is 0.343 e. The third kappa shape index (κ3) is 3.67. The van der Waals surface area contributed by atoms with E-state index in [9.17, 15) is 9.59 Å². The lowest BCUT2D eigenvalue weighted by Gasteiger charge is -2.16. The molecule has 1 atom stereocenters. The predicted octanol–water partition coefficient (Wildman–Crippen LogP) is 3.91. The molecule has 1 aliphatic rings. The molecule has 5 rings (SSSR count). The zero-order valence-corrected chi connectivity index (χ0v) is 17.4. The summed E-state index contributed by atoms with van der Waals surface area (Å²) in [6, 6.07) is 16.1. The van der Waals surface area contributed by atoms with E-state index in [-0.39, 0.29) is 17.5 Å². The summed E-state index contributed by atoms with van der Waals surface area (Å²) < 4.78 is 7.11. The molecule has 2 aromatic carbocycles. The zero-order chi connectivity index (χ0) is 21.4. The summed E-state index contributed by atoms with van der Waals surface area (Å²) in [6.07, 6.45) is 3.11. The Balaban J connectivity index is 1.37. The van der Waals surface area contributed by atoms with E-state index >= 15 is 0 Å². The van der Waals surface area contributed by atoms with Crippen molar-refractivity contribution >= 4 is 16.9 Å². The van der Waals surface area contributed by atoms with E-state index in [2.05, 4.69) is 16.3 Å². The number of aromatic nitrogens is 3. The van der Waals surface area contributed by atoms with Gasteiger partial charge in [0, 0.05) is 37.0 Å². The molecule has 31 heavy (non-hydrogen) atoms. The number of furan rings is 1. The van der Waals surface area contributed by atoms with Crippen LogP contribution in [-0.2, 0) is 11.3 Å². The maximum absolute atomic E-state index is 12.4. The van der Waals surface area contributed by atoms with Crippen LogP contribution in [0.15, 0.2) is 64.0 Å². The SMILES string of the molecule is CCC(=O)N1CC[C@@H](Cn2c(-c3ccc(-c4ccc5occc5c4)cc3)n[nH]c2=O)C1. The van der Waals surface area contributed by atoms with E-state index in [1.807, 2.05) is 54.3 Å². The highest BCUT2D eigenvalue weighted by Crippen LogP contribution is 2.27. The molecule has 1 aliphatic heterocycles. The number of H-pyrrole nitrogens is 1. The van der Waals surface area contributed by atoms with E-state index in [4.69, 9.17) is 4.42 Å². The number of fused-ring (bicyclic) bond motifs is 1. The molecule has 1 saturated heterocycles. The number of amides is 1. The Bertz CT molecular complexity index is 1280. The van der Waals surface area contributed by atoms with Crippen molar-refractivity contribution in [1.82, 2.24) is 19.7 Å². The standard InChI is InChI=1S/C24H24N4O3/c1-2-22(29)27-11-9-16(14-27)15-28-23(25-26-24(28)30)18-5-3-17(4-6-18)19-7-8-21-20(13-19)10-12-31-21/h3-8,10,12-13,16H,2,9,11,14-15H2,1H3,(H,26,30)/t16-/m1/s1. The first kappa shape index (κ1) is 19.4. The van der Waals surface area contributed by atoms with Gasteiger partial charge in [-0.15, -0.1) is 0 Å². The van der Waals surface area contributed by atoms with Gasteiger partial charge in [-0.05, 0) is 41.7 Å². The first-order valence-corrected chi connectivity index (χ1v) is 10.6. The van der Waals surface area contributed by atoms with Gasteiger partial charge in [-0.25, -0.2) is 9.89 Å². The average Bonchev–Trinajstić information content (AvgIpc) is 3.54. The van der Waals surface area contributed by atoms with Crippen LogP contribution in [0.25, 0.3) is 33.5 Å². The third-order valence-electron chi connectivity index (χ3n) is 6.07.